The molecule has 4 rings (SSSR count). The van der Waals surface area contributed by atoms with Crippen LogP contribution in [-0.2, 0) is 13.0 Å². The standard InChI is InChI=1S/C27H29N3O3/c1-20-9-11-21(12-10-20)27(31)28-17-5-8-26-29-24-6-3-4-7-25(24)30(26)18-19-33-23-15-13-22(32-2)14-16-23/h3-4,6-7,9-16H,5,8,17-19H2,1-2H3,(H,28,31). The maximum atomic E-state index is 12.3. The molecule has 0 saturated heterocycles. The van der Waals surface area contributed by atoms with Gasteiger partial charge in [-0.1, -0.05) is 29.8 Å². The van der Waals surface area contributed by atoms with E-state index in [1.54, 1.807) is 7.11 Å². The molecule has 0 atom stereocenters. The van der Waals surface area contributed by atoms with Crippen LogP contribution in [0.4, 0.5) is 0 Å². The Morgan fingerprint density at radius 2 is 1.70 bits per heavy atom. The van der Waals surface area contributed by atoms with E-state index in [1.807, 2.05) is 73.7 Å². The van der Waals surface area contributed by atoms with Gasteiger partial charge in [0.15, 0.2) is 0 Å². The van der Waals surface area contributed by atoms with Crippen molar-refractivity contribution in [3.05, 3.63) is 89.7 Å². The average Bonchev–Trinajstić information content (AvgIpc) is 3.20. The summed E-state index contributed by atoms with van der Waals surface area (Å²) in [6.45, 7) is 3.83. The number of nitrogens with zero attached hydrogens (tertiary/aromatic N) is 2. The molecule has 0 aliphatic rings. The second kappa shape index (κ2) is 10.7. The molecule has 6 heteroatoms. The van der Waals surface area contributed by atoms with Gasteiger partial charge in [-0.25, -0.2) is 4.98 Å². The lowest BCUT2D eigenvalue weighted by atomic mass is 10.1. The van der Waals surface area contributed by atoms with Crippen molar-refractivity contribution in [2.24, 2.45) is 0 Å². The number of hydrogen-bond donors (Lipinski definition) is 1. The number of benzene rings is 3. The second-order valence-electron chi connectivity index (χ2n) is 7.92. The smallest absolute Gasteiger partial charge is 0.251 e. The summed E-state index contributed by atoms with van der Waals surface area (Å²) >= 11 is 0. The molecule has 1 aromatic heterocycles. The summed E-state index contributed by atoms with van der Waals surface area (Å²) in [7, 11) is 1.65. The summed E-state index contributed by atoms with van der Waals surface area (Å²) in [4.78, 5) is 17.2. The first-order valence-electron chi connectivity index (χ1n) is 11.2. The molecule has 6 nitrogen and oxygen atoms in total. The minimum absolute atomic E-state index is 0.0450. The molecule has 4 aromatic rings. The van der Waals surface area contributed by atoms with Crippen molar-refractivity contribution >= 4 is 16.9 Å². The average molecular weight is 444 g/mol. The van der Waals surface area contributed by atoms with Crippen LogP contribution in [0.15, 0.2) is 72.8 Å². The molecule has 3 aromatic carbocycles. The van der Waals surface area contributed by atoms with Crippen molar-refractivity contribution in [3.8, 4) is 11.5 Å². The first kappa shape index (κ1) is 22.4. The molecule has 33 heavy (non-hydrogen) atoms. The molecular weight excluding hydrogens is 414 g/mol. The third-order valence-electron chi connectivity index (χ3n) is 5.55. The van der Waals surface area contributed by atoms with Crippen LogP contribution in [0.25, 0.3) is 11.0 Å². The number of hydrogen-bond acceptors (Lipinski definition) is 4. The summed E-state index contributed by atoms with van der Waals surface area (Å²) in [6, 6.07) is 23.3. The third kappa shape index (κ3) is 5.71. The topological polar surface area (TPSA) is 65.4 Å². The predicted molar refractivity (Wildman–Crippen MR) is 130 cm³/mol. The molecule has 0 spiro atoms. The Balaban J connectivity index is 1.35. The number of imidazole rings is 1. The first-order valence-corrected chi connectivity index (χ1v) is 11.2. The molecule has 0 bridgehead atoms. The van der Waals surface area contributed by atoms with Crippen molar-refractivity contribution in [3.63, 3.8) is 0 Å². The molecule has 1 heterocycles. The Hall–Kier alpha value is -3.80. The monoisotopic (exact) mass is 443 g/mol. The van der Waals surface area contributed by atoms with Crippen molar-refractivity contribution < 1.29 is 14.3 Å². The van der Waals surface area contributed by atoms with Crippen molar-refractivity contribution in [2.75, 3.05) is 20.3 Å². The fourth-order valence-corrected chi connectivity index (χ4v) is 3.75. The van der Waals surface area contributed by atoms with E-state index in [0.29, 0.717) is 25.3 Å². The Morgan fingerprint density at radius 1 is 0.970 bits per heavy atom. The zero-order valence-corrected chi connectivity index (χ0v) is 19.1. The highest BCUT2D eigenvalue weighted by Gasteiger charge is 2.11. The Kier molecular flexibility index (Phi) is 7.25. The van der Waals surface area contributed by atoms with Gasteiger partial charge in [-0.15, -0.1) is 0 Å². The fourth-order valence-electron chi connectivity index (χ4n) is 3.75. The van der Waals surface area contributed by atoms with Gasteiger partial charge in [0.25, 0.3) is 5.91 Å². The molecule has 1 amide bonds. The maximum absolute atomic E-state index is 12.3. The van der Waals surface area contributed by atoms with Crippen molar-refractivity contribution in [1.29, 1.82) is 0 Å². The van der Waals surface area contributed by atoms with Crippen LogP contribution in [0.5, 0.6) is 11.5 Å². The zero-order valence-electron chi connectivity index (χ0n) is 19.1. The van der Waals surface area contributed by atoms with Crippen LogP contribution in [-0.4, -0.2) is 35.7 Å². The maximum Gasteiger partial charge on any atom is 0.251 e. The number of aromatic nitrogens is 2. The Morgan fingerprint density at radius 3 is 2.45 bits per heavy atom. The quantitative estimate of drug-likeness (QED) is 0.358. The number of methoxy groups -OCH3 is 1. The lowest BCUT2D eigenvalue weighted by Crippen LogP contribution is -2.25. The molecular formula is C27H29N3O3. The van der Waals surface area contributed by atoms with E-state index in [-0.39, 0.29) is 5.91 Å². The summed E-state index contributed by atoms with van der Waals surface area (Å²) in [6.07, 6.45) is 1.58. The predicted octanol–water partition coefficient (Wildman–Crippen LogP) is 4.79. The van der Waals surface area contributed by atoms with Gasteiger partial charge in [-0.05, 0) is 61.9 Å². The van der Waals surface area contributed by atoms with Gasteiger partial charge in [0.2, 0.25) is 0 Å². The number of rotatable bonds is 10. The van der Waals surface area contributed by atoms with E-state index in [2.05, 4.69) is 16.0 Å². The summed E-state index contributed by atoms with van der Waals surface area (Å²) in [5.74, 6) is 2.57. The highest BCUT2D eigenvalue weighted by molar-refractivity contribution is 5.94. The minimum atomic E-state index is -0.0450. The minimum Gasteiger partial charge on any atom is -0.497 e. The number of aryl methyl sites for hydroxylation is 2. The molecule has 170 valence electrons. The lowest BCUT2D eigenvalue weighted by molar-refractivity contribution is 0.0953. The summed E-state index contributed by atoms with van der Waals surface area (Å²) in [5, 5.41) is 3.00. The number of carbonyl (C=O) groups excluding carboxylic acids is 1. The van der Waals surface area contributed by atoms with E-state index >= 15 is 0 Å². The highest BCUT2D eigenvalue weighted by atomic mass is 16.5. The molecule has 1 N–H and O–H groups in total. The van der Waals surface area contributed by atoms with E-state index in [4.69, 9.17) is 14.5 Å². The number of ether oxygens (including phenoxy) is 2. The molecule has 0 saturated carbocycles. The Bertz CT molecular complexity index is 1200. The first-order chi connectivity index (χ1) is 16.1. The van der Waals surface area contributed by atoms with Gasteiger partial charge < -0.3 is 19.4 Å². The van der Waals surface area contributed by atoms with Gasteiger partial charge in [0, 0.05) is 18.5 Å². The van der Waals surface area contributed by atoms with Crippen molar-refractivity contribution in [1.82, 2.24) is 14.9 Å². The van der Waals surface area contributed by atoms with Crippen LogP contribution in [0, 0.1) is 6.92 Å². The number of nitrogens with one attached hydrogen (secondary N) is 1. The van der Waals surface area contributed by atoms with Crippen LogP contribution < -0.4 is 14.8 Å². The lowest BCUT2D eigenvalue weighted by Gasteiger charge is -2.11. The normalized spacial score (nSPS) is 10.8. The SMILES string of the molecule is COc1ccc(OCCn2c(CCCNC(=O)c3ccc(C)cc3)nc3ccccc32)cc1. The molecule has 0 aliphatic carbocycles. The summed E-state index contributed by atoms with van der Waals surface area (Å²) < 4.78 is 13.3. The molecule has 0 unspecified atom stereocenters. The largest absolute Gasteiger partial charge is 0.497 e. The number of amides is 1. The van der Waals surface area contributed by atoms with Crippen LogP contribution >= 0.6 is 0 Å². The van der Waals surface area contributed by atoms with Crippen LogP contribution in [0.3, 0.4) is 0 Å². The highest BCUT2D eigenvalue weighted by Crippen LogP contribution is 2.19. The van der Waals surface area contributed by atoms with Gasteiger partial charge in [-0.3, -0.25) is 4.79 Å². The number of fused-ring (bicyclic) bond motifs is 1. The van der Waals surface area contributed by atoms with E-state index in [9.17, 15) is 4.79 Å². The second-order valence-corrected chi connectivity index (χ2v) is 7.92. The van der Waals surface area contributed by atoms with Crippen molar-refractivity contribution in [2.45, 2.75) is 26.3 Å². The third-order valence-corrected chi connectivity index (χ3v) is 5.55. The summed E-state index contributed by atoms with van der Waals surface area (Å²) in [5.41, 5.74) is 3.89. The Labute approximate surface area is 194 Å². The number of para-hydroxylation sites is 2. The zero-order chi connectivity index (χ0) is 23.0. The molecule has 0 fully saturated rings. The van der Waals surface area contributed by atoms with E-state index < -0.39 is 0 Å². The molecule has 0 aliphatic heterocycles. The van der Waals surface area contributed by atoms with Gasteiger partial charge >= 0.3 is 0 Å². The van der Waals surface area contributed by atoms with Crippen LogP contribution in [0.2, 0.25) is 0 Å². The van der Waals surface area contributed by atoms with Gasteiger partial charge in [0.1, 0.15) is 23.9 Å². The van der Waals surface area contributed by atoms with Crippen LogP contribution in [0.1, 0.15) is 28.2 Å². The van der Waals surface area contributed by atoms with Gasteiger partial charge in [0.05, 0.1) is 24.7 Å². The van der Waals surface area contributed by atoms with E-state index in [1.165, 1.54) is 0 Å². The van der Waals surface area contributed by atoms with Gasteiger partial charge in [-0.2, -0.15) is 0 Å². The fraction of sp³-hybridized carbons (Fsp3) is 0.259. The molecule has 0 radical (unpaired) electrons. The number of carbonyl (C=O) groups is 1. The van der Waals surface area contributed by atoms with E-state index in [0.717, 1.165) is 46.8 Å².